The van der Waals surface area contributed by atoms with E-state index in [9.17, 15) is 19.5 Å². The minimum absolute atomic E-state index is 0.145. The summed E-state index contributed by atoms with van der Waals surface area (Å²) in [5.41, 5.74) is 2.03. The number of nitrogens with zero attached hydrogens (tertiary/aromatic N) is 1. The SMILES string of the molecule is COc1cc(/C=C2/SC(=S)N(CC(=O)[O-])C2=O)ccc1OC(=O)c1ccc(C)cc1. The highest BCUT2D eigenvalue weighted by atomic mass is 32.2. The van der Waals surface area contributed by atoms with Crippen molar-refractivity contribution in [1.82, 2.24) is 4.90 Å². The fraction of sp³-hybridized carbons (Fsp3) is 0.143. The van der Waals surface area contributed by atoms with Gasteiger partial charge in [0, 0.05) is 0 Å². The van der Waals surface area contributed by atoms with Crippen LogP contribution >= 0.6 is 24.0 Å². The van der Waals surface area contributed by atoms with E-state index in [0.29, 0.717) is 16.9 Å². The van der Waals surface area contributed by atoms with E-state index in [4.69, 9.17) is 21.7 Å². The van der Waals surface area contributed by atoms with Gasteiger partial charge in [-0.25, -0.2) is 4.79 Å². The third-order valence-corrected chi connectivity index (χ3v) is 5.51. The molecule has 30 heavy (non-hydrogen) atoms. The molecule has 0 bridgehead atoms. The van der Waals surface area contributed by atoms with Gasteiger partial charge in [-0.3, -0.25) is 9.69 Å². The van der Waals surface area contributed by atoms with Crippen molar-refractivity contribution in [3.63, 3.8) is 0 Å². The van der Waals surface area contributed by atoms with Crippen LogP contribution in [0.2, 0.25) is 0 Å². The fourth-order valence-corrected chi connectivity index (χ4v) is 3.88. The van der Waals surface area contributed by atoms with E-state index in [1.807, 2.05) is 19.1 Å². The number of benzene rings is 2. The second-order valence-corrected chi connectivity index (χ2v) is 7.98. The van der Waals surface area contributed by atoms with Crippen molar-refractivity contribution >= 4 is 52.2 Å². The molecule has 0 radical (unpaired) electrons. The Bertz CT molecular complexity index is 1060. The highest BCUT2D eigenvalue weighted by molar-refractivity contribution is 8.26. The molecule has 1 amide bonds. The molecule has 1 saturated heterocycles. The van der Waals surface area contributed by atoms with E-state index in [1.165, 1.54) is 7.11 Å². The Morgan fingerprint density at radius 3 is 2.50 bits per heavy atom. The number of methoxy groups -OCH3 is 1. The van der Waals surface area contributed by atoms with Gasteiger partial charge in [0.1, 0.15) is 4.32 Å². The van der Waals surface area contributed by atoms with Gasteiger partial charge < -0.3 is 19.4 Å². The minimum atomic E-state index is -1.39. The summed E-state index contributed by atoms with van der Waals surface area (Å²) in [6, 6.07) is 11.8. The van der Waals surface area contributed by atoms with Gasteiger partial charge in [0.25, 0.3) is 5.91 Å². The second-order valence-electron chi connectivity index (χ2n) is 6.31. The molecule has 0 N–H and O–H groups in total. The van der Waals surface area contributed by atoms with Crippen molar-refractivity contribution in [3.8, 4) is 11.5 Å². The normalized spacial score (nSPS) is 14.9. The maximum atomic E-state index is 12.4. The van der Waals surface area contributed by atoms with Gasteiger partial charge in [-0.15, -0.1) is 0 Å². The monoisotopic (exact) mass is 442 g/mol. The van der Waals surface area contributed by atoms with Gasteiger partial charge in [-0.2, -0.15) is 0 Å². The van der Waals surface area contributed by atoms with Crippen LogP contribution in [-0.4, -0.2) is 40.7 Å². The number of carboxylic acids is 1. The minimum Gasteiger partial charge on any atom is -0.548 e. The van der Waals surface area contributed by atoms with Crippen molar-refractivity contribution < 1.29 is 29.0 Å². The molecule has 1 fully saturated rings. The molecule has 0 saturated carbocycles. The maximum Gasteiger partial charge on any atom is 0.343 e. The maximum absolute atomic E-state index is 12.4. The second kappa shape index (κ2) is 9.10. The van der Waals surface area contributed by atoms with Crippen molar-refractivity contribution in [1.29, 1.82) is 0 Å². The lowest BCUT2D eigenvalue weighted by atomic mass is 10.1. The average molecular weight is 442 g/mol. The number of rotatable bonds is 6. The first-order chi connectivity index (χ1) is 14.3. The summed E-state index contributed by atoms with van der Waals surface area (Å²) >= 11 is 6.05. The van der Waals surface area contributed by atoms with Gasteiger partial charge in [0.05, 0.1) is 30.1 Å². The molecule has 1 aliphatic heterocycles. The van der Waals surface area contributed by atoms with Crippen molar-refractivity contribution in [3.05, 3.63) is 64.1 Å². The molecule has 0 atom stereocenters. The predicted octanol–water partition coefficient (Wildman–Crippen LogP) is 2.17. The molecule has 0 aliphatic carbocycles. The zero-order chi connectivity index (χ0) is 21.8. The highest BCUT2D eigenvalue weighted by Gasteiger charge is 2.31. The summed E-state index contributed by atoms with van der Waals surface area (Å²) in [5, 5.41) is 10.8. The number of carbonyl (C=O) groups is 3. The number of hydrogen-bond donors (Lipinski definition) is 0. The Hall–Kier alpha value is -3.17. The number of aryl methyl sites for hydroxylation is 1. The van der Waals surface area contributed by atoms with Crippen LogP contribution in [0, 0.1) is 6.92 Å². The van der Waals surface area contributed by atoms with Crippen LogP contribution in [0.5, 0.6) is 11.5 Å². The average Bonchev–Trinajstić information content (AvgIpc) is 2.96. The molecule has 7 nitrogen and oxygen atoms in total. The van der Waals surface area contributed by atoms with Crippen molar-refractivity contribution in [2.45, 2.75) is 6.92 Å². The Balaban J connectivity index is 1.80. The molecule has 154 valence electrons. The molecule has 9 heteroatoms. The Morgan fingerprint density at radius 2 is 1.87 bits per heavy atom. The molecule has 0 spiro atoms. The largest absolute Gasteiger partial charge is 0.548 e. The lowest BCUT2D eigenvalue weighted by Crippen LogP contribution is -2.40. The third kappa shape index (κ3) is 4.87. The van der Waals surface area contributed by atoms with Crippen LogP contribution < -0.4 is 14.6 Å². The van der Waals surface area contributed by atoms with Gasteiger partial charge in [0.2, 0.25) is 0 Å². The summed E-state index contributed by atoms with van der Waals surface area (Å²) in [6.07, 6.45) is 1.56. The number of aliphatic carboxylic acids is 1. The molecular formula is C21H16NO6S2-. The Kier molecular flexibility index (Phi) is 6.53. The van der Waals surface area contributed by atoms with E-state index in [0.717, 1.165) is 22.2 Å². The fourth-order valence-electron chi connectivity index (χ4n) is 2.62. The first-order valence-corrected chi connectivity index (χ1v) is 9.93. The molecule has 1 aliphatic rings. The quantitative estimate of drug-likeness (QED) is 0.291. The Morgan fingerprint density at radius 1 is 1.17 bits per heavy atom. The van der Waals surface area contributed by atoms with Crippen LogP contribution in [0.15, 0.2) is 47.4 Å². The van der Waals surface area contributed by atoms with Crippen LogP contribution in [0.3, 0.4) is 0 Å². The molecule has 1 heterocycles. The molecular weight excluding hydrogens is 426 g/mol. The summed E-state index contributed by atoms with van der Waals surface area (Å²) in [6.45, 7) is 1.32. The predicted molar refractivity (Wildman–Crippen MR) is 114 cm³/mol. The molecule has 0 unspecified atom stereocenters. The summed E-state index contributed by atoms with van der Waals surface area (Å²) in [5.74, 6) is -1.90. The van der Waals surface area contributed by atoms with Gasteiger partial charge in [0.15, 0.2) is 11.5 Å². The van der Waals surface area contributed by atoms with Crippen LogP contribution in [0.1, 0.15) is 21.5 Å². The first kappa shape index (κ1) is 21.5. The molecule has 0 aromatic heterocycles. The summed E-state index contributed by atoms with van der Waals surface area (Å²) in [4.78, 5) is 36.7. The standard InChI is InChI=1S/C21H17NO6S2/c1-12-3-6-14(7-4-12)20(26)28-15-8-5-13(9-16(15)27-2)10-17-19(25)22(11-18(23)24)21(29)30-17/h3-10H,11H2,1-2H3,(H,23,24)/p-1/b17-10+. The topological polar surface area (TPSA) is 96.0 Å². The Labute approximate surface area is 182 Å². The number of thiocarbonyl (C=S) groups is 1. The number of carboxylic acid groups (broad SMARTS) is 1. The number of amides is 1. The van der Waals surface area contributed by atoms with Gasteiger partial charge >= 0.3 is 5.97 Å². The first-order valence-electron chi connectivity index (χ1n) is 8.70. The third-order valence-electron chi connectivity index (χ3n) is 4.14. The van der Waals surface area contributed by atoms with E-state index in [2.05, 4.69) is 0 Å². The molecule has 2 aromatic carbocycles. The van der Waals surface area contributed by atoms with Gasteiger partial charge in [-0.1, -0.05) is 47.7 Å². The van der Waals surface area contributed by atoms with Crippen molar-refractivity contribution in [2.24, 2.45) is 0 Å². The van der Waals surface area contributed by atoms with Crippen molar-refractivity contribution in [2.75, 3.05) is 13.7 Å². The summed E-state index contributed by atoms with van der Waals surface area (Å²) in [7, 11) is 1.43. The zero-order valence-electron chi connectivity index (χ0n) is 16.0. The van der Waals surface area contributed by atoms with Gasteiger partial charge in [-0.05, 0) is 42.8 Å². The lowest BCUT2D eigenvalue weighted by molar-refractivity contribution is -0.305. The number of thioether (sulfide) groups is 1. The van der Waals surface area contributed by atoms with E-state index >= 15 is 0 Å². The van der Waals surface area contributed by atoms with Crippen LogP contribution in [0.25, 0.3) is 6.08 Å². The molecule has 2 aromatic rings. The number of esters is 1. The van der Waals surface area contributed by atoms with E-state index in [1.54, 1.807) is 36.4 Å². The molecule has 3 rings (SSSR count). The van der Waals surface area contributed by atoms with E-state index in [-0.39, 0.29) is 15.0 Å². The number of ether oxygens (including phenoxy) is 2. The van der Waals surface area contributed by atoms with Crippen LogP contribution in [-0.2, 0) is 9.59 Å². The smallest absolute Gasteiger partial charge is 0.343 e. The number of carbonyl (C=O) groups excluding carboxylic acids is 3. The van der Waals surface area contributed by atoms with E-state index < -0.39 is 24.4 Å². The van der Waals surface area contributed by atoms with Crippen LogP contribution in [0.4, 0.5) is 0 Å². The summed E-state index contributed by atoms with van der Waals surface area (Å²) < 4.78 is 10.9. The zero-order valence-corrected chi connectivity index (χ0v) is 17.7. The highest BCUT2D eigenvalue weighted by Crippen LogP contribution is 2.34. The number of hydrogen-bond acceptors (Lipinski definition) is 8. The lowest BCUT2D eigenvalue weighted by Gasteiger charge is -2.14.